The molecular formula is C18H19N5. The van der Waals surface area contributed by atoms with Gasteiger partial charge in [0.25, 0.3) is 0 Å². The summed E-state index contributed by atoms with van der Waals surface area (Å²) in [5.41, 5.74) is 5.31. The molecule has 5 heteroatoms. The van der Waals surface area contributed by atoms with Gasteiger partial charge in [0.05, 0.1) is 11.9 Å². The summed E-state index contributed by atoms with van der Waals surface area (Å²) in [6, 6.07) is 8.41. The third-order valence-corrected chi connectivity index (χ3v) is 4.18. The first-order valence-corrected chi connectivity index (χ1v) is 8.02. The Bertz CT molecular complexity index is 823. The first kappa shape index (κ1) is 13.9. The fraction of sp³-hybridized carbons (Fsp3) is 0.278. The van der Waals surface area contributed by atoms with E-state index in [-0.39, 0.29) is 0 Å². The standard InChI is InChI=1S/C18H19N5/c1-13-5-4-6-14(11-13)23-18-15(7-2-3-8-21-18)17(22-23)16-12-19-9-10-20-16/h4-6,9-12,21H,2-3,7-8H2,1H3. The Balaban J connectivity index is 1.92. The van der Waals surface area contributed by atoms with E-state index in [4.69, 9.17) is 5.10 Å². The topological polar surface area (TPSA) is 55.6 Å². The van der Waals surface area contributed by atoms with Crippen LogP contribution in [-0.4, -0.2) is 26.3 Å². The molecule has 23 heavy (non-hydrogen) atoms. The summed E-state index contributed by atoms with van der Waals surface area (Å²) in [5, 5.41) is 8.42. The third kappa shape index (κ3) is 2.59. The van der Waals surface area contributed by atoms with Gasteiger partial charge in [-0.2, -0.15) is 5.10 Å². The molecule has 0 atom stereocenters. The second kappa shape index (κ2) is 5.83. The molecule has 0 spiro atoms. The average molecular weight is 305 g/mol. The van der Waals surface area contributed by atoms with Crippen LogP contribution in [-0.2, 0) is 6.42 Å². The Hall–Kier alpha value is -2.69. The number of rotatable bonds is 2. The van der Waals surface area contributed by atoms with Gasteiger partial charge < -0.3 is 5.32 Å². The molecule has 116 valence electrons. The highest BCUT2D eigenvalue weighted by Crippen LogP contribution is 2.32. The molecule has 3 heterocycles. The highest BCUT2D eigenvalue weighted by atomic mass is 15.3. The lowest BCUT2D eigenvalue weighted by Gasteiger charge is -2.09. The summed E-state index contributed by atoms with van der Waals surface area (Å²) in [6.07, 6.45) is 8.54. The van der Waals surface area contributed by atoms with Gasteiger partial charge in [0.2, 0.25) is 0 Å². The van der Waals surface area contributed by atoms with E-state index in [0.29, 0.717) is 0 Å². The quantitative estimate of drug-likeness (QED) is 0.788. The Morgan fingerprint density at radius 3 is 2.96 bits per heavy atom. The molecule has 0 unspecified atom stereocenters. The lowest BCUT2D eigenvalue weighted by molar-refractivity contribution is 0.779. The number of hydrogen-bond acceptors (Lipinski definition) is 4. The van der Waals surface area contributed by atoms with Gasteiger partial charge in [-0.15, -0.1) is 0 Å². The number of anilines is 1. The fourth-order valence-corrected chi connectivity index (χ4v) is 3.08. The number of fused-ring (bicyclic) bond motifs is 1. The fourth-order valence-electron chi connectivity index (χ4n) is 3.08. The minimum absolute atomic E-state index is 0.832. The number of aryl methyl sites for hydroxylation is 1. The van der Waals surface area contributed by atoms with Gasteiger partial charge in [-0.3, -0.25) is 9.97 Å². The first-order chi connectivity index (χ1) is 11.3. The van der Waals surface area contributed by atoms with E-state index in [1.54, 1.807) is 18.6 Å². The summed E-state index contributed by atoms with van der Waals surface area (Å²) < 4.78 is 2.01. The van der Waals surface area contributed by atoms with Gasteiger partial charge >= 0.3 is 0 Å². The van der Waals surface area contributed by atoms with Crippen LogP contribution in [0.4, 0.5) is 5.82 Å². The SMILES string of the molecule is Cc1cccc(-n2nc(-c3cnccn3)c3c2NCCCC3)c1. The van der Waals surface area contributed by atoms with Crippen LogP contribution in [0.2, 0.25) is 0 Å². The Labute approximate surface area is 135 Å². The predicted molar refractivity (Wildman–Crippen MR) is 90.8 cm³/mol. The van der Waals surface area contributed by atoms with Crippen LogP contribution in [0.15, 0.2) is 42.9 Å². The molecule has 3 aromatic rings. The Morgan fingerprint density at radius 2 is 2.13 bits per heavy atom. The molecule has 0 saturated carbocycles. The van der Waals surface area contributed by atoms with Crippen molar-refractivity contribution in [2.24, 2.45) is 0 Å². The monoisotopic (exact) mass is 305 g/mol. The van der Waals surface area contributed by atoms with Gasteiger partial charge in [-0.05, 0) is 43.9 Å². The van der Waals surface area contributed by atoms with Gasteiger partial charge in [0.15, 0.2) is 0 Å². The van der Waals surface area contributed by atoms with Gasteiger partial charge in [0, 0.05) is 24.5 Å². The van der Waals surface area contributed by atoms with Crippen molar-refractivity contribution in [3.63, 3.8) is 0 Å². The lowest BCUT2D eigenvalue weighted by atomic mass is 10.1. The summed E-state index contributed by atoms with van der Waals surface area (Å²) in [6.45, 7) is 3.08. The van der Waals surface area contributed by atoms with Crippen LogP contribution in [0.5, 0.6) is 0 Å². The van der Waals surface area contributed by atoms with Crippen molar-refractivity contribution < 1.29 is 0 Å². The molecule has 2 aromatic heterocycles. The summed E-state index contributed by atoms with van der Waals surface area (Å²) >= 11 is 0. The highest BCUT2D eigenvalue weighted by molar-refractivity contribution is 5.68. The van der Waals surface area contributed by atoms with E-state index in [2.05, 4.69) is 46.5 Å². The van der Waals surface area contributed by atoms with Crippen LogP contribution >= 0.6 is 0 Å². The molecular weight excluding hydrogens is 286 g/mol. The Kier molecular flexibility index (Phi) is 3.54. The van der Waals surface area contributed by atoms with Crippen LogP contribution < -0.4 is 5.32 Å². The second-order valence-corrected chi connectivity index (χ2v) is 5.90. The summed E-state index contributed by atoms with van der Waals surface area (Å²) in [5.74, 6) is 1.09. The van der Waals surface area contributed by atoms with Crippen molar-refractivity contribution in [1.82, 2.24) is 19.7 Å². The van der Waals surface area contributed by atoms with E-state index in [1.807, 2.05) is 4.68 Å². The van der Waals surface area contributed by atoms with Gasteiger partial charge in [0.1, 0.15) is 17.2 Å². The van der Waals surface area contributed by atoms with Crippen molar-refractivity contribution in [2.75, 3.05) is 11.9 Å². The molecule has 0 aliphatic carbocycles. The third-order valence-electron chi connectivity index (χ3n) is 4.18. The molecule has 1 aliphatic heterocycles. The van der Waals surface area contributed by atoms with Crippen molar-refractivity contribution in [3.05, 3.63) is 54.0 Å². The van der Waals surface area contributed by atoms with E-state index in [1.165, 1.54) is 17.5 Å². The molecule has 4 rings (SSSR count). The van der Waals surface area contributed by atoms with E-state index in [9.17, 15) is 0 Å². The Morgan fingerprint density at radius 1 is 1.17 bits per heavy atom. The largest absolute Gasteiger partial charge is 0.370 e. The molecule has 1 aromatic carbocycles. The molecule has 0 fully saturated rings. The molecule has 5 nitrogen and oxygen atoms in total. The zero-order chi connectivity index (χ0) is 15.6. The van der Waals surface area contributed by atoms with Gasteiger partial charge in [-0.1, -0.05) is 12.1 Å². The van der Waals surface area contributed by atoms with Crippen LogP contribution in [0.25, 0.3) is 17.1 Å². The lowest BCUT2D eigenvalue weighted by Crippen LogP contribution is -2.07. The smallest absolute Gasteiger partial charge is 0.133 e. The van der Waals surface area contributed by atoms with Crippen LogP contribution in [0, 0.1) is 6.92 Å². The number of aromatic nitrogens is 4. The molecule has 0 radical (unpaired) electrons. The summed E-state index contributed by atoms with van der Waals surface area (Å²) in [4.78, 5) is 8.64. The zero-order valence-electron chi connectivity index (χ0n) is 13.2. The zero-order valence-corrected chi connectivity index (χ0v) is 13.2. The normalized spacial score (nSPS) is 14.0. The maximum Gasteiger partial charge on any atom is 0.133 e. The second-order valence-electron chi connectivity index (χ2n) is 5.90. The van der Waals surface area contributed by atoms with Crippen LogP contribution in [0.1, 0.15) is 24.0 Å². The van der Waals surface area contributed by atoms with E-state index >= 15 is 0 Å². The van der Waals surface area contributed by atoms with Crippen molar-refractivity contribution in [3.8, 4) is 17.1 Å². The van der Waals surface area contributed by atoms with Crippen molar-refractivity contribution in [2.45, 2.75) is 26.2 Å². The molecule has 1 aliphatic rings. The molecule has 1 N–H and O–H groups in total. The van der Waals surface area contributed by atoms with E-state index in [0.717, 1.165) is 42.3 Å². The highest BCUT2D eigenvalue weighted by Gasteiger charge is 2.22. The maximum atomic E-state index is 4.87. The number of nitrogens with one attached hydrogen (secondary N) is 1. The molecule has 0 amide bonds. The number of hydrogen-bond donors (Lipinski definition) is 1. The number of nitrogens with zero attached hydrogens (tertiary/aromatic N) is 4. The average Bonchev–Trinajstić information content (AvgIpc) is 2.77. The maximum absolute atomic E-state index is 4.87. The first-order valence-electron chi connectivity index (χ1n) is 8.02. The van der Waals surface area contributed by atoms with E-state index < -0.39 is 0 Å². The van der Waals surface area contributed by atoms with Crippen molar-refractivity contribution in [1.29, 1.82) is 0 Å². The van der Waals surface area contributed by atoms with Crippen LogP contribution in [0.3, 0.4) is 0 Å². The van der Waals surface area contributed by atoms with Gasteiger partial charge in [-0.25, -0.2) is 4.68 Å². The number of benzene rings is 1. The summed E-state index contributed by atoms with van der Waals surface area (Å²) in [7, 11) is 0. The minimum Gasteiger partial charge on any atom is -0.370 e. The van der Waals surface area contributed by atoms with Crippen molar-refractivity contribution >= 4 is 5.82 Å². The molecule has 0 bridgehead atoms. The minimum atomic E-state index is 0.832. The molecule has 0 saturated heterocycles. The predicted octanol–water partition coefficient (Wildman–Crippen LogP) is 3.39.